The van der Waals surface area contributed by atoms with Gasteiger partial charge in [-0.2, -0.15) is 0 Å². The van der Waals surface area contributed by atoms with Crippen LogP contribution >= 0.6 is 11.6 Å². The van der Waals surface area contributed by atoms with E-state index >= 15 is 0 Å². The third kappa shape index (κ3) is 1.78. The SMILES string of the molecule is Cc1nc2cc(Cl)c(N)c(C(=O)O)c2nc1C. The maximum atomic E-state index is 11.2. The summed E-state index contributed by atoms with van der Waals surface area (Å²) in [5, 5.41) is 9.32. The Morgan fingerprint density at radius 1 is 1.35 bits per heavy atom. The first kappa shape index (κ1) is 11.6. The largest absolute Gasteiger partial charge is 0.478 e. The Bertz CT molecular complexity index is 635. The van der Waals surface area contributed by atoms with Gasteiger partial charge >= 0.3 is 5.97 Å². The maximum absolute atomic E-state index is 11.2. The molecule has 1 aromatic carbocycles. The van der Waals surface area contributed by atoms with E-state index in [0.29, 0.717) is 11.2 Å². The predicted octanol–water partition coefficient (Wildman–Crippen LogP) is 2.18. The lowest BCUT2D eigenvalue weighted by molar-refractivity contribution is 0.0700. The van der Waals surface area contributed by atoms with Crippen molar-refractivity contribution in [3.63, 3.8) is 0 Å². The lowest BCUT2D eigenvalue weighted by Crippen LogP contribution is -2.07. The molecule has 0 saturated carbocycles. The van der Waals surface area contributed by atoms with Crippen molar-refractivity contribution >= 4 is 34.3 Å². The summed E-state index contributed by atoms with van der Waals surface area (Å²) in [6.07, 6.45) is 0. The van der Waals surface area contributed by atoms with E-state index in [1.54, 1.807) is 13.8 Å². The number of fused-ring (bicyclic) bond motifs is 1. The quantitative estimate of drug-likeness (QED) is 0.759. The number of nitrogens with two attached hydrogens (primary N) is 1. The predicted molar refractivity (Wildman–Crippen MR) is 65.4 cm³/mol. The number of carboxylic acids is 1. The molecule has 2 aromatic rings. The molecule has 0 atom stereocenters. The second kappa shape index (κ2) is 3.85. The molecule has 1 aromatic heterocycles. The fourth-order valence-electron chi connectivity index (χ4n) is 1.57. The maximum Gasteiger partial charge on any atom is 0.340 e. The van der Waals surface area contributed by atoms with Crippen molar-refractivity contribution < 1.29 is 9.90 Å². The molecule has 0 aliphatic carbocycles. The van der Waals surface area contributed by atoms with Crippen LogP contribution in [0.15, 0.2) is 6.07 Å². The Morgan fingerprint density at radius 2 is 1.94 bits per heavy atom. The summed E-state index contributed by atoms with van der Waals surface area (Å²) in [5.41, 5.74) is 7.68. The highest BCUT2D eigenvalue weighted by Crippen LogP contribution is 2.29. The highest BCUT2D eigenvalue weighted by atomic mass is 35.5. The Labute approximate surface area is 102 Å². The van der Waals surface area contributed by atoms with Gasteiger partial charge in [0.05, 0.1) is 27.6 Å². The van der Waals surface area contributed by atoms with Gasteiger partial charge in [-0.1, -0.05) is 11.6 Å². The number of rotatable bonds is 1. The molecule has 3 N–H and O–H groups in total. The molecule has 0 saturated heterocycles. The Morgan fingerprint density at radius 3 is 2.53 bits per heavy atom. The molecule has 88 valence electrons. The number of carboxylic acid groups (broad SMARTS) is 1. The van der Waals surface area contributed by atoms with Crippen molar-refractivity contribution in [1.29, 1.82) is 0 Å². The number of hydrogen-bond donors (Lipinski definition) is 2. The number of halogens is 1. The summed E-state index contributed by atoms with van der Waals surface area (Å²) >= 11 is 5.87. The van der Waals surface area contributed by atoms with Gasteiger partial charge in [-0.05, 0) is 19.9 Å². The summed E-state index contributed by atoms with van der Waals surface area (Å²) in [5.74, 6) is -1.16. The third-order valence-electron chi connectivity index (χ3n) is 2.57. The number of nitrogens with zero attached hydrogens (tertiary/aromatic N) is 2. The van der Waals surface area contributed by atoms with Gasteiger partial charge in [-0.15, -0.1) is 0 Å². The fraction of sp³-hybridized carbons (Fsp3) is 0.182. The first-order valence-electron chi connectivity index (χ1n) is 4.88. The van der Waals surface area contributed by atoms with Crippen LogP contribution in [-0.2, 0) is 0 Å². The second-order valence-electron chi connectivity index (χ2n) is 3.71. The van der Waals surface area contributed by atoms with E-state index in [1.807, 2.05) is 0 Å². The number of aromatic nitrogens is 2. The molecule has 6 heteroatoms. The molecule has 0 amide bonds. The second-order valence-corrected chi connectivity index (χ2v) is 4.12. The van der Waals surface area contributed by atoms with Crippen molar-refractivity contribution in [2.24, 2.45) is 0 Å². The van der Waals surface area contributed by atoms with Gasteiger partial charge in [0.1, 0.15) is 11.1 Å². The highest BCUT2D eigenvalue weighted by Gasteiger charge is 2.18. The molecule has 0 aliphatic rings. The van der Waals surface area contributed by atoms with E-state index in [4.69, 9.17) is 22.4 Å². The molecular formula is C11H10ClN3O2. The van der Waals surface area contributed by atoms with Crippen LogP contribution in [0.25, 0.3) is 11.0 Å². The van der Waals surface area contributed by atoms with Crippen LogP contribution in [0.2, 0.25) is 5.02 Å². The Hall–Kier alpha value is -1.88. The average Bonchev–Trinajstić information content (AvgIpc) is 2.23. The number of aryl methyl sites for hydroxylation is 2. The number of hydrogen-bond acceptors (Lipinski definition) is 4. The number of anilines is 1. The first-order chi connectivity index (χ1) is 7.91. The molecular weight excluding hydrogens is 242 g/mol. The number of carbonyl (C=O) groups is 1. The third-order valence-corrected chi connectivity index (χ3v) is 2.89. The van der Waals surface area contributed by atoms with Gasteiger partial charge < -0.3 is 10.8 Å². The molecule has 0 fully saturated rings. The van der Waals surface area contributed by atoms with Crippen molar-refractivity contribution in [1.82, 2.24) is 9.97 Å². The fourth-order valence-corrected chi connectivity index (χ4v) is 1.76. The van der Waals surface area contributed by atoms with Crippen LogP contribution in [0.1, 0.15) is 21.7 Å². The van der Waals surface area contributed by atoms with Crippen molar-refractivity contribution in [2.45, 2.75) is 13.8 Å². The number of aromatic carboxylic acids is 1. The summed E-state index contributed by atoms with van der Waals surface area (Å²) in [6.45, 7) is 3.56. The number of nitrogen functional groups attached to an aromatic ring is 1. The highest BCUT2D eigenvalue weighted by molar-refractivity contribution is 6.35. The van der Waals surface area contributed by atoms with E-state index in [1.165, 1.54) is 6.07 Å². The Kier molecular flexibility index (Phi) is 2.63. The van der Waals surface area contributed by atoms with Gasteiger partial charge in [-0.25, -0.2) is 14.8 Å². The molecule has 0 bridgehead atoms. The molecule has 0 unspecified atom stereocenters. The first-order valence-corrected chi connectivity index (χ1v) is 5.26. The normalized spacial score (nSPS) is 10.8. The van der Waals surface area contributed by atoms with Crippen molar-refractivity contribution in [3.05, 3.63) is 28.0 Å². The minimum absolute atomic E-state index is 0.0178. The molecule has 17 heavy (non-hydrogen) atoms. The van der Waals surface area contributed by atoms with Gasteiger partial charge in [0.25, 0.3) is 0 Å². The van der Waals surface area contributed by atoms with Crippen LogP contribution in [-0.4, -0.2) is 21.0 Å². The van der Waals surface area contributed by atoms with E-state index < -0.39 is 5.97 Å². The summed E-state index contributed by atoms with van der Waals surface area (Å²) < 4.78 is 0. The van der Waals surface area contributed by atoms with Crippen LogP contribution in [0.3, 0.4) is 0 Å². The van der Waals surface area contributed by atoms with Crippen molar-refractivity contribution in [3.8, 4) is 0 Å². The minimum Gasteiger partial charge on any atom is -0.478 e. The van der Waals surface area contributed by atoms with Gasteiger partial charge in [-0.3, -0.25) is 0 Å². The van der Waals surface area contributed by atoms with E-state index in [-0.39, 0.29) is 21.8 Å². The zero-order valence-corrected chi connectivity index (χ0v) is 10.0. The lowest BCUT2D eigenvalue weighted by Gasteiger charge is -2.09. The molecule has 2 rings (SSSR count). The molecule has 5 nitrogen and oxygen atoms in total. The molecule has 0 radical (unpaired) electrons. The summed E-state index contributed by atoms with van der Waals surface area (Å²) in [7, 11) is 0. The van der Waals surface area contributed by atoms with E-state index in [9.17, 15) is 4.79 Å². The molecule has 0 aliphatic heterocycles. The topological polar surface area (TPSA) is 89.1 Å². The number of benzene rings is 1. The lowest BCUT2D eigenvalue weighted by atomic mass is 10.1. The Balaban J connectivity index is 2.98. The smallest absolute Gasteiger partial charge is 0.340 e. The van der Waals surface area contributed by atoms with Gasteiger partial charge in [0.15, 0.2) is 0 Å². The zero-order chi connectivity index (χ0) is 12.7. The summed E-state index contributed by atoms with van der Waals surface area (Å²) in [4.78, 5) is 19.6. The van der Waals surface area contributed by atoms with E-state index in [0.717, 1.165) is 5.69 Å². The minimum atomic E-state index is -1.16. The van der Waals surface area contributed by atoms with Gasteiger partial charge in [0.2, 0.25) is 0 Å². The van der Waals surface area contributed by atoms with Crippen LogP contribution < -0.4 is 5.73 Å². The van der Waals surface area contributed by atoms with E-state index in [2.05, 4.69) is 9.97 Å². The molecule has 1 heterocycles. The van der Waals surface area contributed by atoms with Crippen LogP contribution in [0.4, 0.5) is 5.69 Å². The van der Waals surface area contributed by atoms with Crippen LogP contribution in [0, 0.1) is 13.8 Å². The monoisotopic (exact) mass is 251 g/mol. The average molecular weight is 252 g/mol. The molecule has 0 spiro atoms. The zero-order valence-electron chi connectivity index (χ0n) is 9.28. The standard InChI is InChI=1S/C11H10ClN3O2/c1-4-5(2)15-10-7(14-4)3-6(12)9(13)8(10)11(16)17/h3H,13H2,1-2H3,(H,16,17). The van der Waals surface area contributed by atoms with Gasteiger partial charge in [0, 0.05) is 0 Å². The van der Waals surface area contributed by atoms with Crippen LogP contribution in [0.5, 0.6) is 0 Å². The van der Waals surface area contributed by atoms with Crippen molar-refractivity contribution in [2.75, 3.05) is 5.73 Å². The summed E-state index contributed by atoms with van der Waals surface area (Å²) in [6, 6.07) is 1.53.